The molecular formula is C16H10N4O. The number of methoxy groups -OCH3 is 1. The fraction of sp³-hybridized carbons (Fsp3) is 0.0625. The SMILES string of the molecule is COc1ccc(-c2ccc(C#N)c(C(=C=N)C#N)n2)cc1. The molecule has 21 heavy (non-hydrogen) atoms. The fourth-order valence-corrected chi connectivity index (χ4v) is 1.80. The Balaban J connectivity index is 2.57. The number of aromatic nitrogens is 1. The normalized spacial score (nSPS) is 9.10. The Morgan fingerprint density at radius 1 is 1.14 bits per heavy atom. The van der Waals surface area contributed by atoms with Crippen molar-refractivity contribution in [3.63, 3.8) is 0 Å². The summed E-state index contributed by atoms with van der Waals surface area (Å²) < 4.78 is 5.09. The van der Waals surface area contributed by atoms with Gasteiger partial charge in [0.1, 0.15) is 29.2 Å². The van der Waals surface area contributed by atoms with E-state index in [1.54, 1.807) is 31.4 Å². The molecule has 0 aliphatic heterocycles. The summed E-state index contributed by atoms with van der Waals surface area (Å²) in [4.78, 5) is 4.31. The average Bonchev–Trinajstić information content (AvgIpc) is 2.56. The Morgan fingerprint density at radius 3 is 2.38 bits per heavy atom. The van der Waals surface area contributed by atoms with Crippen LogP contribution in [0.3, 0.4) is 0 Å². The zero-order chi connectivity index (χ0) is 15.2. The Hall–Kier alpha value is -3.40. The molecule has 1 aromatic carbocycles. The third-order valence-electron chi connectivity index (χ3n) is 2.88. The topological polar surface area (TPSA) is 93.5 Å². The number of rotatable bonds is 3. The van der Waals surface area contributed by atoms with E-state index in [-0.39, 0.29) is 16.8 Å². The third kappa shape index (κ3) is 2.79. The van der Waals surface area contributed by atoms with E-state index < -0.39 is 0 Å². The first-order chi connectivity index (χ1) is 10.2. The second-order valence-electron chi connectivity index (χ2n) is 4.04. The molecule has 1 heterocycles. The molecule has 0 saturated carbocycles. The molecule has 0 spiro atoms. The Morgan fingerprint density at radius 2 is 1.86 bits per heavy atom. The van der Waals surface area contributed by atoms with Crippen molar-refractivity contribution in [2.45, 2.75) is 0 Å². The van der Waals surface area contributed by atoms with E-state index in [1.807, 2.05) is 30.1 Å². The lowest BCUT2D eigenvalue weighted by Gasteiger charge is -2.06. The molecule has 0 amide bonds. The van der Waals surface area contributed by atoms with E-state index in [2.05, 4.69) is 4.98 Å². The molecule has 0 atom stereocenters. The molecule has 5 nitrogen and oxygen atoms in total. The molecule has 100 valence electrons. The van der Waals surface area contributed by atoms with Crippen molar-refractivity contribution in [2.24, 2.45) is 0 Å². The van der Waals surface area contributed by atoms with Gasteiger partial charge in [0, 0.05) is 5.56 Å². The van der Waals surface area contributed by atoms with Crippen molar-refractivity contribution in [1.82, 2.24) is 4.98 Å². The number of hydrogen-bond acceptors (Lipinski definition) is 5. The summed E-state index contributed by atoms with van der Waals surface area (Å²) in [6.45, 7) is 0. The molecule has 0 fully saturated rings. The van der Waals surface area contributed by atoms with Gasteiger partial charge in [0.2, 0.25) is 0 Å². The van der Waals surface area contributed by atoms with Crippen LogP contribution in [0.25, 0.3) is 16.8 Å². The molecule has 1 aromatic heterocycles. The van der Waals surface area contributed by atoms with Crippen LogP contribution in [0.4, 0.5) is 0 Å². The number of benzene rings is 1. The molecule has 0 unspecified atom stereocenters. The van der Waals surface area contributed by atoms with E-state index in [0.29, 0.717) is 5.69 Å². The molecular weight excluding hydrogens is 264 g/mol. The highest BCUT2D eigenvalue weighted by atomic mass is 16.5. The summed E-state index contributed by atoms with van der Waals surface area (Å²) in [6.07, 6.45) is 0. The van der Waals surface area contributed by atoms with E-state index >= 15 is 0 Å². The highest BCUT2D eigenvalue weighted by molar-refractivity contribution is 5.96. The zero-order valence-electron chi connectivity index (χ0n) is 11.2. The molecule has 0 bridgehead atoms. The van der Waals surface area contributed by atoms with Crippen LogP contribution in [0.2, 0.25) is 0 Å². The van der Waals surface area contributed by atoms with E-state index in [9.17, 15) is 0 Å². The minimum absolute atomic E-state index is 0.0677. The fourth-order valence-electron chi connectivity index (χ4n) is 1.80. The molecule has 2 aromatic rings. The van der Waals surface area contributed by atoms with Gasteiger partial charge in [0.25, 0.3) is 0 Å². The standard InChI is InChI=1S/C16H10N4O/c1-21-14-5-2-11(3-6-14)15-7-4-12(8-17)16(20-15)13(9-18)10-19/h2-7,18H,1H3. The largest absolute Gasteiger partial charge is 0.497 e. The van der Waals surface area contributed by atoms with Crippen molar-refractivity contribution in [2.75, 3.05) is 7.11 Å². The number of nitriles is 2. The smallest absolute Gasteiger partial charge is 0.140 e. The van der Waals surface area contributed by atoms with Crippen molar-refractivity contribution < 1.29 is 4.74 Å². The highest BCUT2D eigenvalue weighted by Gasteiger charge is 2.11. The maximum Gasteiger partial charge on any atom is 0.140 e. The number of nitrogens with one attached hydrogen (secondary N) is 1. The lowest BCUT2D eigenvalue weighted by atomic mass is 10.1. The van der Waals surface area contributed by atoms with Crippen LogP contribution in [0.15, 0.2) is 36.4 Å². The second kappa shape index (κ2) is 6.16. The number of pyridine rings is 1. The summed E-state index contributed by atoms with van der Waals surface area (Å²) in [7, 11) is 1.58. The first-order valence-electron chi connectivity index (χ1n) is 5.99. The number of ether oxygens (including phenoxy) is 1. The Kier molecular flexibility index (Phi) is 4.11. The molecule has 0 saturated heterocycles. The van der Waals surface area contributed by atoms with Crippen LogP contribution in [0.5, 0.6) is 5.75 Å². The number of hydrogen-bond donors (Lipinski definition) is 1. The number of allylic oxidation sites excluding steroid dienone is 1. The Labute approximate surface area is 121 Å². The Bertz CT molecular complexity index is 804. The van der Waals surface area contributed by atoms with Gasteiger partial charge in [-0.3, -0.25) is 5.41 Å². The van der Waals surface area contributed by atoms with Crippen LogP contribution >= 0.6 is 0 Å². The van der Waals surface area contributed by atoms with Gasteiger partial charge in [-0.1, -0.05) is 0 Å². The predicted molar refractivity (Wildman–Crippen MR) is 77.7 cm³/mol. The van der Waals surface area contributed by atoms with Crippen molar-refractivity contribution >= 4 is 11.4 Å². The minimum Gasteiger partial charge on any atom is -0.497 e. The minimum atomic E-state index is -0.0677. The molecule has 0 aliphatic rings. The summed E-state index contributed by atoms with van der Waals surface area (Å²) >= 11 is 0. The van der Waals surface area contributed by atoms with Crippen molar-refractivity contribution in [1.29, 1.82) is 15.9 Å². The summed E-state index contributed by atoms with van der Waals surface area (Å²) in [5.74, 6) is 2.74. The summed E-state index contributed by atoms with van der Waals surface area (Å²) in [5.41, 5.74) is 1.77. The van der Waals surface area contributed by atoms with Crippen LogP contribution < -0.4 is 4.74 Å². The average molecular weight is 274 g/mol. The molecule has 2 rings (SSSR count). The van der Waals surface area contributed by atoms with E-state index in [1.165, 1.54) is 0 Å². The summed E-state index contributed by atoms with van der Waals surface area (Å²) in [5, 5.41) is 25.2. The first kappa shape index (κ1) is 14.0. The zero-order valence-corrected chi connectivity index (χ0v) is 11.2. The molecule has 5 heteroatoms. The lowest BCUT2D eigenvalue weighted by molar-refractivity contribution is 0.415. The lowest BCUT2D eigenvalue weighted by Crippen LogP contribution is -1.96. The van der Waals surface area contributed by atoms with Gasteiger partial charge in [0.15, 0.2) is 0 Å². The highest BCUT2D eigenvalue weighted by Crippen LogP contribution is 2.23. The number of nitrogens with zero attached hydrogens (tertiary/aromatic N) is 3. The van der Waals surface area contributed by atoms with Gasteiger partial charge >= 0.3 is 0 Å². The van der Waals surface area contributed by atoms with Gasteiger partial charge in [0.05, 0.1) is 18.4 Å². The van der Waals surface area contributed by atoms with Crippen LogP contribution in [-0.4, -0.2) is 18.0 Å². The van der Waals surface area contributed by atoms with Crippen molar-refractivity contribution in [3.8, 4) is 29.1 Å². The first-order valence-corrected chi connectivity index (χ1v) is 5.99. The quantitative estimate of drug-likeness (QED) is 0.687. The monoisotopic (exact) mass is 274 g/mol. The van der Waals surface area contributed by atoms with Gasteiger partial charge in [-0.25, -0.2) is 4.98 Å². The summed E-state index contributed by atoms with van der Waals surface area (Å²) in [6, 6.07) is 14.3. The van der Waals surface area contributed by atoms with Gasteiger partial charge in [-0.05, 0) is 42.3 Å². The van der Waals surface area contributed by atoms with Crippen molar-refractivity contribution in [3.05, 3.63) is 47.7 Å². The van der Waals surface area contributed by atoms with Crippen LogP contribution in [0, 0.1) is 28.1 Å². The third-order valence-corrected chi connectivity index (χ3v) is 2.88. The van der Waals surface area contributed by atoms with Crippen LogP contribution in [0.1, 0.15) is 11.3 Å². The molecule has 1 N–H and O–H groups in total. The predicted octanol–water partition coefficient (Wildman–Crippen LogP) is 2.78. The van der Waals surface area contributed by atoms with Crippen LogP contribution in [-0.2, 0) is 0 Å². The van der Waals surface area contributed by atoms with Gasteiger partial charge < -0.3 is 4.74 Å². The maximum atomic E-state index is 9.07. The second-order valence-corrected chi connectivity index (χ2v) is 4.04. The van der Waals surface area contributed by atoms with Gasteiger partial charge in [-0.2, -0.15) is 10.5 Å². The molecule has 0 radical (unpaired) electrons. The van der Waals surface area contributed by atoms with E-state index in [4.69, 9.17) is 20.7 Å². The maximum absolute atomic E-state index is 9.07. The van der Waals surface area contributed by atoms with E-state index in [0.717, 1.165) is 11.3 Å². The molecule has 0 aliphatic carbocycles. The van der Waals surface area contributed by atoms with Gasteiger partial charge in [-0.15, -0.1) is 0 Å².